The Morgan fingerprint density at radius 2 is 1.59 bits per heavy atom. The number of benzene rings is 1. The largest absolute Gasteiger partial charge is 0.497 e. The van der Waals surface area contributed by atoms with Crippen LogP contribution >= 0.6 is 0 Å². The minimum Gasteiger partial charge on any atom is -0.497 e. The van der Waals surface area contributed by atoms with Gasteiger partial charge in [-0.05, 0) is 48.5 Å². The van der Waals surface area contributed by atoms with Gasteiger partial charge < -0.3 is 13.9 Å². The van der Waals surface area contributed by atoms with E-state index < -0.39 is 20.4 Å². The van der Waals surface area contributed by atoms with Gasteiger partial charge in [-0.1, -0.05) is 26.8 Å². The zero-order valence-corrected chi connectivity index (χ0v) is 17.7. The van der Waals surface area contributed by atoms with Crippen molar-refractivity contribution in [3.63, 3.8) is 0 Å². The van der Waals surface area contributed by atoms with Crippen molar-refractivity contribution in [3.8, 4) is 5.75 Å². The molecule has 8 heteroatoms. The second-order valence-electron chi connectivity index (χ2n) is 7.47. The Kier molecular flexibility index (Phi) is 8.10. The maximum Gasteiger partial charge on any atom is 0.468 e. The second-order valence-corrected chi connectivity index (χ2v) is 12.3. The van der Waals surface area contributed by atoms with Gasteiger partial charge >= 0.3 is 6.18 Å². The molecule has 0 fully saturated rings. The molecule has 1 aromatic rings. The van der Waals surface area contributed by atoms with Crippen LogP contribution in [0.4, 0.5) is 18.9 Å². The van der Waals surface area contributed by atoms with Crippen molar-refractivity contribution >= 4 is 19.9 Å². The molecule has 0 atom stereocenters. The predicted octanol–water partition coefficient (Wildman–Crippen LogP) is 5.88. The normalized spacial score (nSPS) is 13.9. The molecule has 0 bridgehead atoms. The van der Waals surface area contributed by atoms with Crippen LogP contribution < -0.4 is 4.74 Å². The van der Waals surface area contributed by atoms with Gasteiger partial charge in [0.2, 0.25) is 0 Å². The lowest BCUT2D eigenvalue weighted by Crippen LogP contribution is -2.40. The summed E-state index contributed by atoms with van der Waals surface area (Å²) in [7, 11) is -0.406. The Morgan fingerprint density at radius 3 is 2.07 bits per heavy atom. The Hall–Kier alpha value is -1.80. The summed E-state index contributed by atoms with van der Waals surface area (Å²) in [6.45, 7) is 10.7. The SMILES string of the molecule is COc1ccc(N=C(OC/C=C\CO[Si](C)(C)C(C)(C)C)C(F)(F)F)cc1. The summed E-state index contributed by atoms with van der Waals surface area (Å²) in [6.07, 6.45) is -1.50. The lowest BCUT2D eigenvalue weighted by Gasteiger charge is -2.35. The molecule has 1 aromatic carbocycles. The molecule has 0 heterocycles. The van der Waals surface area contributed by atoms with Crippen molar-refractivity contribution in [2.75, 3.05) is 20.3 Å². The number of halogens is 3. The molecule has 0 aromatic heterocycles. The average Bonchev–Trinajstić information content (AvgIpc) is 2.55. The number of alkyl halides is 3. The zero-order valence-electron chi connectivity index (χ0n) is 16.7. The lowest BCUT2D eigenvalue weighted by molar-refractivity contribution is -0.0770. The monoisotopic (exact) mass is 403 g/mol. The van der Waals surface area contributed by atoms with Crippen LogP contribution in [0.25, 0.3) is 0 Å². The van der Waals surface area contributed by atoms with E-state index in [4.69, 9.17) is 13.9 Å². The van der Waals surface area contributed by atoms with Crippen molar-refractivity contribution in [1.82, 2.24) is 0 Å². The van der Waals surface area contributed by atoms with Crippen molar-refractivity contribution < 1.29 is 27.1 Å². The van der Waals surface area contributed by atoms with Crippen LogP contribution in [0, 0.1) is 0 Å². The fraction of sp³-hybridized carbons (Fsp3) is 0.526. The van der Waals surface area contributed by atoms with Gasteiger partial charge in [0, 0.05) is 0 Å². The minimum atomic E-state index is -4.68. The van der Waals surface area contributed by atoms with E-state index in [-0.39, 0.29) is 17.3 Å². The van der Waals surface area contributed by atoms with Gasteiger partial charge in [0.25, 0.3) is 5.90 Å². The number of rotatable bonds is 7. The average molecular weight is 404 g/mol. The van der Waals surface area contributed by atoms with E-state index in [9.17, 15) is 13.2 Å². The summed E-state index contributed by atoms with van der Waals surface area (Å²) < 4.78 is 55.0. The van der Waals surface area contributed by atoms with Gasteiger partial charge in [-0.25, -0.2) is 4.99 Å². The fourth-order valence-corrected chi connectivity index (χ4v) is 2.63. The molecule has 4 nitrogen and oxygen atoms in total. The van der Waals surface area contributed by atoms with Crippen LogP contribution in [-0.4, -0.2) is 40.7 Å². The summed E-state index contributed by atoms with van der Waals surface area (Å²) in [5.74, 6) is -0.754. The van der Waals surface area contributed by atoms with E-state index >= 15 is 0 Å². The summed E-state index contributed by atoms with van der Waals surface area (Å²) in [5, 5.41) is 0.0752. The third-order valence-corrected chi connectivity index (χ3v) is 8.88. The van der Waals surface area contributed by atoms with E-state index in [0.717, 1.165) is 0 Å². The maximum atomic E-state index is 13.1. The lowest BCUT2D eigenvalue weighted by atomic mass is 10.2. The third-order valence-electron chi connectivity index (χ3n) is 4.38. The number of aliphatic imine (C=N–C) groups is 1. The molecule has 27 heavy (non-hydrogen) atoms. The second kappa shape index (κ2) is 9.41. The molecule has 0 aliphatic rings. The third kappa shape index (κ3) is 7.76. The standard InChI is InChI=1S/C19H28F3NO3Si/c1-18(2,3)27(5,6)26-14-8-7-13-25-17(19(20,21)22)23-15-9-11-16(24-4)12-10-15/h7-12H,13-14H2,1-6H3/b8-7-,23-17?. The van der Waals surface area contributed by atoms with Crippen LogP contribution in [0.2, 0.25) is 18.1 Å². The molecule has 0 radical (unpaired) electrons. The van der Waals surface area contributed by atoms with Crippen LogP contribution in [0.3, 0.4) is 0 Å². The topological polar surface area (TPSA) is 40.0 Å². The molecule has 1 rings (SSSR count). The molecule has 0 saturated heterocycles. The molecule has 0 aliphatic heterocycles. The van der Waals surface area contributed by atoms with Crippen LogP contribution in [0.1, 0.15) is 20.8 Å². The van der Waals surface area contributed by atoms with Crippen molar-refractivity contribution in [3.05, 3.63) is 36.4 Å². The smallest absolute Gasteiger partial charge is 0.468 e. The number of hydrogen-bond acceptors (Lipinski definition) is 4. The molecule has 152 valence electrons. The van der Waals surface area contributed by atoms with E-state index in [1.165, 1.54) is 37.5 Å². The Balaban J connectivity index is 2.65. The first-order chi connectivity index (χ1) is 12.4. The van der Waals surface area contributed by atoms with E-state index in [1.54, 1.807) is 6.08 Å². The highest BCUT2D eigenvalue weighted by Crippen LogP contribution is 2.36. The number of methoxy groups -OCH3 is 1. The Morgan fingerprint density at radius 1 is 1.04 bits per heavy atom. The molecule has 0 saturated carbocycles. The van der Waals surface area contributed by atoms with E-state index in [2.05, 4.69) is 38.9 Å². The molecule has 0 aliphatic carbocycles. The molecule has 0 N–H and O–H groups in total. The van der Waals surface area contributed by atoms with Crippen molar-refractivity contribution in [2.24, 2.45) is 4.99 Å². The van der Waals surface area contributed by atoms with Gasteiger partial charge in [0.05, 0.1) is 19.4 Å². The van der Waals surface area contributed by atoms with Crippen LogP contribution in [-0.2, 0) is 9.16 Å². The zero-order chi connectivity index (χ0) is 20.7. The number of hydrogen-bond donors (Lipinski definition) is 0. The highest BCUT2D eigenvalue weighted by Gasteiger charge is 2.38. The Bertz CT molecular complexity index is 648. The van der Waals surface area contributed by atoms with Gasteiger partial charge in [0.15, 0.2) is 8.32 Å². The quantitative estimate of drug-likeness (QED) is 0.247. The molecular weight excluding hydrogens is 375 g/mol. The van der Waals surface area contributed by atoms with E-state index in [1.807, 2.05) is 0 Å². The van der Waals surface area contributed by atoms with Crippen molar-refractivity contribution in [1.29, 1.82) is 0 Å². The first-order valence-corrected chi connectivity index (χ1v) is 11.5. The highest BCUT2D eigenvalue weighted by molar-refractivity contribution is 6.74. The predicted molar refractivity (Wildman–Crippen MR) is 104 cm³/mol. The number of ether oxygens (including phenoxy) is 2. The van der Waals surface area contributed by atoms with E-state index in [0.29, 0.717) is 12.4 Å². The van der Waals surface area contributed by atoms with Crippen molar-refractivity contribution in [2.45, 2.75) is 45.1 Å². The molecule has 0 amide bonds. The number of nitrogens with zero attached hydrogens (tertiary/aromatic N) is 1. The van der Waals surface area contributed by atoms with Gasteiger partial charge in [0.1, 0.15) is 12.4 Å². The first-order valence-electron chi connectivity index (χ1n) is 8.58. The van der Waals surface area contributed by atoms with Gasteiger partial charge in [-0.15, -0.1) is 0 Å². The highest BCUT2D eigenvalue weighted by atomic mass is 28.4. The molecule has 0 spiro atoms. The van der Waals surface area contributed by atoms with Crippen LogP contribution in [0.5, 0.6) is 5.75 Å². The molecular formula is C19H28F3NO3Si. The summed E-state index contributed by atoms with van der Waals surface area (Å²) in [4.78, 5) is 3.55. The summed E-state index contributed by atoms with van der Waals surface area (Å²) >= 11 is 0. The maximum absolute atomic E-state index is 13.1. The molecule has 0 unspecified atom stereocenters. The Labute approximate surface area is 160 Å². The summed E-state index contributed by atoms with van der Waals surface area (Å²) in [5.41, 5.74) is 0.133. The summed E-state index contributed by atoms with van der Waals surface area (Å²) in [6, 6.07) is 5.92. The van der Waals surface area contributed by atoms with Crippen LogP contribution in [0.15, 0.2) is 41.4 Å². The first kappa shape index (κ1) is 23.2. The van der Waals surface area contributed by atoms with Gasteiger partial charge in [-0.2, -0.15) is 13.2 Å². The minimum absolute atomic E-state index is 0.0752. The fourth-order valence-electron chi connectivity index (χ4n) is 1.69. The van der Waals surface area contributed by atoms with Gasteiger partial charge in [-0.3, -0.25) is 0 Å².